The quantitative estimate of drug-likeness (QED) is 0.410. The molecule has 0 aliphatic heterocycles. The Morgan fingerprint density at radius 1 is 0.966 bits per heavy atom. The molecule has 7 heteroatoms. The third-order valence-corrected chi connectivity index (χ3v) is 5.34. The fraction of sp³-hybridized carbons (Fsp3) is 0.0455. The number of rotatable bonds is 4. The van der Waals surface area contributed by atoms with Gasteiger partial charge < -0.3 is 5.32 Å². The topological polar surface area (TPSA) is 68.0 Å². The molecule has 0 amide bonds. The highest BCUT2D eigenvalue weighted by atomic mass is 32.1. The summed E-state index contributed by atoms with van der Waals surface area (Å²) in [5, 5.41) is 6.21. The zero-order valence-corrected chi connectivity index (χ0v) is 16.0. The highest BCUT2D eigenvalue weighted by molar-refractivity contribution is 7.09. The lowest BCUT2D eigenvalue weighted by Crippen LogP contribution is -2.01. The van der Waals surface area contributed by atoms with Crippen LogP contribution in [0.4, 0.5) is 11.6 Å². The summed E-state index contributed by atoms with van der Waals surface area (Å²) in [4.78, 5) is 16.9. The van der Waals surface area contributed by atoms with E-state index in [0.29, 0.717) is 18.2 Å². The van der Waals surface area contributed by atoms with Crippen LogP contribution in [-0.4, -0.2) is 19.3 Å². The predicted octanol–water partition coefficient (Wildman–Crippen LogP) is 5.46. The second kappa shape index (κ2) is 7.26. The van der Waals surface area contributed by atoms with Crippen molar-refractivity contribution in [1.82, 2.24) is 19.3 Å². The Hall–Kier alpha value is -3.89. The summed E-state index contributed by atoms with van der Waals surface area (Å²) in [6.07, 6.45) is 3.60. The minimum Gasteiger partial charge on any atom is -0.349 e. The van der Waals surface area contributed by atoms with E-state index >= 15 is 0 Å². The molecule has 3 heterocycles. The number of benzene rings is 2. The number of aromatic nitrogens is 4. The molecule has 29 heavy (non-hydrogen) atoms. The molecule has 0 aliphatic rings. The number of hydrogen-bond acceptors (Lipinski definition) is 6. The molecule has 0 atom stereocenters. The number of nitrogens with zero attached hydrogens (tertiary/aromatic N) is 5. The van der Waals surface area contributed by atoms with E-state index in [4.69, 9.17) is 6.57 Å². The van der Waals surface area contributed by atoms with Crippen molar-refractivity contribution in [2.45, 2.75) is 6.54 Å². The summed E-state index contributed by atoms with van der Waals surface area (Å²) in [6, 6.07) is 17.7. The second-order valence-corrected chi connectivity index (χ2v) is 7.27. The van der Waals surface area contributed by atoms with Crippen molar-refractivity contribution >= 4 is 45.0 Å². The number of anilines is 1. The Morgan fingerprint density at radius 3 is 2.83 bits per heavy atom. The van der Waals surface area contributed by atoms with Crippen LogP contribution in [0.5, 0.6) is 0 Å². The summed E-state index contributed by atoms with van der Waals surface area (Å²) in [7, 11) is 0. The first-order valence-corrected chi connectivity index (χ1v) is 9.75. The Kier molecular flexibility index (Phi) is 4.31. The SMILES string of the molecule is [C-]#[N+]c1ccc2cc(CNc3nsc(-c4ccc5ncccc5c4)n3)cnc2c1. The zero-order valence-electron chi connectivity index (χ0n) is 15.2. The van der Waals surface area contributed by atoms with Crippen LogP contribution in [0, 0.1) is 6.57 Å². The van der Waals surface area contributed by atoms with Crippen molar-refractivity contribution in [3.05, 3.63) is 84.0 Å². The normalized spacial score (nSPS) is 10.9. The van der Waals surface area contributed by atoms with Crippen LogP contribution in [0.25, 0.3) is 37.2 Å². The Morgan fingerprint density at radius 2 is 1.90 bits per heavy atom. The van der Waals surface area contributed by atoms with Crippen LogP contribution >= 0.6 is 11.5 Å². The van der Waals surface area contributed by atoms with E-state index in [2.05, 4.69) is 41.6 Å². The van der Waals surface area contributed by atoms with Crippen molar-refractivity contribution in [3.63, 3.8) is 0 Å². The lowest BCUT2D eigenvalue weighted by molar-refractivity contribution is 1.09. The van der Waals surface area contributed by atoms with Gasteiger partial charge in [0, 0.05) is 29.9 Å². The molecule has 0 saturated heterocycles. The van der Waals surface area contributed by atoms with Crippen LogP contribution in [0.15, 0.2) is 67.0 Å². The molecule has 0 bridgehead atoms. The smallest absolute Gasteiger partial charge is 0.235 e. The van der Waals surface area contributed by atoms with E-state index in [0.717, 1.165) is 37.9 Å². The molecule has 0 fully saturated rings. The van der Waals surface area contributed by atoms with E-state index in [1.807, 2.05) is 42.6 Å². The van der Waals surface area contributed by atoms with Gasteiger partial charge in [-0.15, -0.1) is 0 Å². The molecule has 0 unspecified atom stereocenters. The highest BCUT2D eigenvalue weighted by Crippen LogP contribution is 2.26. The molecule has 0 saturated carbocycles. The minimum atomic E-state index is 0.575. The standard InChI is InChI=1S/C22H14N6S/c1-23-18-6-4-16-9-14(12-25-20(16)11-18)13-26-22-27-21(29-28-22)17-5-7-19-15(10-17)3-2-8-24-19/h2-12H,13H2,(H,26,28). The summed E-state index contributed by atoms with van der Waals surface area (Å²) in [5.41, 5.74) is 4.44. The predicted molar refractivity (Wildman–Crippen MR) is 116 cm³/mol. The second-order valence-electron chi connectivity index (χ2n) is 6.52. The van der Waals surface area contributed by atoms with Gasteiger partial charge in [0.1, 0.15) is 5.01 Å². The van der Waals surface area contributed by atoms with Crippen LogP contribution < -0.4 is 5.32 Å². The van der Waals surface area contributed by atoms with Gasteiger partial charge in [-0.3, -0.25) is 9.97 Å². The van der Waals surface area contributed by atoms with Crippen molar-refractivity contribution in [3.8, 4) is 10.6 Å². The number of hydrogen-bond donors (Lipinski definition) is 1. The molecule has 0 spiro atoms. The highest BCUT2D eigenvalue weighted by Gasteiger charge is 2.08. The van der Waals surface area contributed by atoms with Gasteiger partial charge in [0.2, 0.25) is 5.95 Å². The lowest BCUT2D eigenvalue weighted by atomic mass is 10.1. The van der Waals surface area contributed by atoms with Gasteiger partial charge >= 0.3 is 0 Å². The number of pyridine rings is 2. The van der Waals surface area contributed by atoms with Gasteiger partial charge in [0.25, 0.3) is 0 Å². The zero-order chi connectivity index (χ0) is 19.6. The van der Waals surface area contributed by atoms with Crippen LogP contribution in [0.2, 0.25) is 0 Å². The van der Waals surface area contributed by atoms with E-state index in [1.54, 1.807) is 12.3 Å². The van der Waals surface area contributed by atoms with E-state index in [9.17, 15) is 0 Å². The van der Waals surface area contributed by atoms with Gasteiger partial charge in [0.15, 0.2) is 5.69 Å². The fourth-order valence-electron chi connectivity index (χ4n) is 3.12. The molecule has 138 valence electrons. The van der Waals surface area contributed by atoms with Crippen LogP contribution in [0.3, 0.4) is 0 Å². The van der Waals surface area contributed by atoms with E-state index in [-0.39, 0.29) is 0 Å². The molecule has 1 N–H and O–H groups in total. The molecular formula is C22H14N6S. The van der Waals surface area contributed by atoms with Crippen molar-refractivity contribution in [1.29, 1.82) is 0 Å². The first-order chi connectivity index (χ1) is 14.3. The maximum Gasteiger partial charge on any atom is 0.235 e. The van der Waals surface area contributed by atoms with Gasteiger partial charge in [-0.05, 0) is 58.9 Å². The Balaban J connectivity index is 1.33. The Labute approximate surface area is 170 Å². The Bertz CT molecular complexity index is 1390. The van der Waals surface area contributed by atoms with E-state index in [1.165, 1.54) is 11.5 Å². The van der Waals surface area contributed by atoms with Crippen LogP contribution in [-0.2, 0) is 6.54 Å². The average molecular weight is 394 g/mol. The average Bonchev–Trinajstić information content (AvgIpc) is 3.26. The van der Waals surface area contributed by atoms with Crippen molar-refractivity contribution < 1.29 is 0 Å². The lowest BCUT2D eigenvalue weighted by Gasteiger charge is -2.04. The molecule has 6 nitrogen and oxygen atoms in total. The monoisotopic (exact) mass is 394 g/mol. The fourth-order valence-corrected chi connectivity index (χ4v) is 3.76. The molecule has 0 aliphatic carbocycles. The van der Waals surface area contributed by atoms with Gasteiger partial charge in [-0.1, -0.05) is 18.2 Å². The summed E-state index contributed by atoms with van der Waals surface area (Å²) >= 11 is 1.37. The number of fused-ring (bicyclic) bond motifs is 2. The molecule has 3 aromatic heterocycles. The van der Waals surface area contributed by atoms with Crippen molar-refractivity contribution in [2.24, 2.45) is 0 Å². The number of nitrogens with one attached hydrogen (secondary N) is 1. The van der Waals surface area contributed by atoms with E-state index < -0.39 is 0 Å². The van der Waals surface area contributed by atoms with Gasteiger partial charge in [0.05, 0.1) is 17.6 Å². The first-order valence-electron chi connectivity index (χ1n) is 8.97. The third-order valence-electron chi connectivity index (χ3n) is 4.58. The van der Waals surface area contributed by atoms with Crippen molar-refractivity contribution in [2.75, 3.05) is 5.32 Å². The largest absolute Gasteiger partial charge is 0.349 e. The maximum atomic E-state index is 7.10. The first kappa shape index (κ1) is 17.2. The summed E-state index contributed by atoms with van der Waals surface area (Å²) in [5.74, 6) is 0.597. The van der Waals surface area contributed by atoms with Gasteiger partial charge in [-0.25, -0.2) is 4.85 Å². The molecular weight excluding hydrogens is 380 g/mol. The molecule has 5 aromatic rings. The third kappa shape index (κ3) is 3.49. The minimum absolute atomic E-state index is 0.575. The van der Waals surface area contributed by atoms with Gasteiger partial charge in [-0.2, -0.15) is 9.36 Å². The maximum absolute atomic E-state index is 7.10. The molecule has 5 rings (SSSR count). The summed E-state index contributed by atoms with van der Waals surface area (Å²) in [6.45, 7) is 7.67. The summed E-state index contributed by atoms with van der Waals surface area (Å²) < 4.78 is 4.42. The molecule has 2 aromatic carbocycles. The van der Waals surface area contributed by atoms with Crippen LogP contribution in [0.1, 0.15) is 5.56 Å². The molecule has 0 radical (unpaired) electrons.